The van der Waals surface area contributed by atoms with Gasteiger partial charge in [-0.1, -0.05) is 12.1 Å². The summed E-state index contributed by atoms with van der Waals surface area (Å²) in [5, 5.41) is 0. The minimum atomic E-state index is -3.44. The predicted molar refractivity (Wildman–Crippen MR) is 80.1 cm³/mol. The molecule has 0 bridgehead atoms. The van der Waals surface area contributed by atoms with Crippen LogP contribution in [0.2, 0.25) is 0 Å². The summed E-state index contributed by atoms with van der Waals surface area (Å²) in [4.78, 5) is 14.4. The number of hydrogen-bond acceptors (Lipinski definition) is 4. The second kappa shape index (κ2) is 5.42. The Labute approximate surface area is 125 Å². The van der Waals surface area contributed by atoms with E-state index in [9.17, 15) is 13.2 Å². The molecule has 2 rings (SSSR count). The third kappa shape index (κ3) is 3.63. The fraction of sp³-hybridized carbons (Fsp3) is 0.533. The number of amides is 1. The summed E-state index contributed by atoms with van der Waals surface area (Å²) in [6, 6.07) is 6.33. The molecule has 1 heterocycles. The lowest BCUT2D eigenvalue weighted by atomic mass is 10.0. The molecule has 5 nitrogen and oxygen atoms in total. The zero-order chi connectivity index (χ0) is 15.8. The highest BCUT2D eigenvalue weighted by molar-refractivity contribution is 7.90. The van der Waals surface area contributed by atoms with Gasteiger partial charge in [0.05, 0.1) is 22.2 Å². The van der Waals surface area contributed by atoms with Crippen LogP contribution in [0.4, 0.5) is 0 Å². The number of benzene rings is 1. The zero-order valence-corrected chi connectivity index (χ0v) is 13.6. The topological polar surface area (TPSA) is 63.7 Å². The Bertz CT molecular complexity index is 651. The maximum Gasteiger partial charge on any atom is 0.255 e. The number of carbonyl (C=O) groups is 1. The van der Waals surface area contributed by atoms with Crippen molar-refractivity contribution in [1.82, 2.24) is 4.90 Å². The van der Waals surface area contributed by atoms with Crippen LogP contribution < -0.4 is 0 Å². The number of morpholine rings is 1. The van der Waals surface area contributed by atoms with Crippen molar-refractivity contribution in [1.29, 1.82) is 0 Å². The van der Waals surface area contributed by atoms with Gasteiger partial charge in [-0.05, 0) is 32.9 Å². The maximum atomic E-state index is 12.7. The van der Waals surface area contributed by atoms with Crippen molar-refractivity contribution in [3.63, 3.8) is 0 Å². The van der Waals surface area contributed by atoms with E-state index in [4.69, 9.17) is 4.74 Å². The second-order valence-electron chi connectivity index (χ2n) is 6.14. The van der Waals surface area contributed by atoms with Gasteiger partial charge in [0, 0.05) is 19.3 Å². The van der Waals surface area contributed by atoms with E-state index in [1.54, 1.807) is 23.1 Å². The summed E-state index contributed by atoms with van der Waals surface area (Å²) in [5.74, 6) is -0.265. The normalized spacial score (nSPS) is 22.1. The Kier molecular flexibility index (Phi) is 4.13. The molecule has 21 heavy (non-hydrogen) atoms. The molecule has 0 spiro atoms. The highest BCUT2D eigenvalue weighted by atomic mass is 32.2. The first-order chi connectivity index (χ1) is 9.60. The Hall–Kier alpha value is -1.40. The van der Waals surface area contributed by atoms with Crippen molar-refractivity contribution in [2.45, 2.75) is 37.4 Å². The molecule has 1 atom stereocenters. The quantitative estimate of drug-likeness (QED) is 0.834. The lowest BCUT2D eigenvalue weighted by Crippen LogP contribution is -2.53. The highest BCUT2D eigenvalue weighted by Crippen LogP contribution is 2.24. The molecular formula is C15H21NO4S. The first-order valence-electron chi connectivity index (χ1n) is 6.86. The lowest BCUT2D eigenvalue weighted by Gasteiger charge is -2.41. The standard InChI is InChI=1S/C15H21NO4S/c1-11-9-16(10-15(2,3)20-11)14(17)12-7-5-6-8-13(12)21(4,18)19/h5-8,11H,9-10H2,1-4H3. The molecule has 0 radical (unpaired) electrons. The van der Waals surface area contributed by atoms with Crippen molar-refractivity contribution < 1.29 is 17.9 Å². The van der Waals surface area contributed by atoms with Crippen LogP contribution in [-0.2, 0) is 14.6 Å². The number of nitrogens with zero attached hydrogens (tertiary/aromatic N) is 1. The monoisotopic (exact) mass is 311 g/mol. The van der Waals surface area contributed by atoms with Gasteiger partial charge in [-0.15, -0.1) is 0 Å². The molecule has 1 amide bonds. The number of sulfone groups is 1. The summed E-state index contributed by atoms with van der Waals surface area (Å²) in [5.41, 5.74) is -0.210. The fourth-order valence-electron chi connectivity index (χ4n) is 2.75. The van der Waals surface area contributed by atoms with Gasteiger partial charge in [0.1, 0.15) is 0 Å². The fourth-order valence-corrected chi connectivity index (χ4v) is 3.63. The molecule has 1 aromatic rings. The molecule has 0 aliphatic carbocycles. The number of rotatable bonds is 2. The van der Waals surface area contributed by atoms with E-state index >= 15 is 0 Å². The lowest BCUT2D eigenvalue weighted by molar-refractivity contribution is -0.118. The third-order valence-corrected chi connectivity index (χ3v) is 4.53. The summed E-state index contributed by atoms with van der Waals surface area (Å²) < 4.78 is 29.4. The molecule has 1 aliphatic heterocycles. The summed E-state index contributed by atoms with van der Waals surface area (Å²) >= 11 is 0. The molecule has 1 saturated heterocycles. The smallest absolute Gasteiger partial charge is 0.255 e. The van der Waals surface area contributed by atoms with Crippen LogP contribution in [-0.4, -0.2) is 50.3 Å². The van der Waals surface area contributed by atoms with E-state index in [2.05, 4.69) is 0 Å². The number of hydrogen-bond donors (Lipinski definition) is 0. The van der Waals surface area contributed by atoms with E-state index in [1.165, 1.54) is 6.07 Å². The van der Waals surface area contributed by atoms with Crippen LogP contribution in [0.5, 0.6) is 0 Å². The van der Waals surface area contributed by atoms with E-state index in [1.807, 2.05) is 20.8 Å². The first kappa shape index (κ1) is 16.0. The van der Waals surface area contributed by atoms with E-state index < -0.39 is 15.4 Å². The van der Waals surface area contributed by atoms with E-state index in [-0.39, 0.29) is 22.5 Å². The molecular weight excluding hydrogens is 290 g/mol. The zero-order valence-electron chi connectivity index (χ0n) is 12.8. The van der Waals surface area contributed by atoms with E-state index in [0.717, 1.165) is 6.26 Å². The third-order valence-electron chi connectivity index (χ3n) is 3.37. The predicted octanol–water partition coefficient (Wildman–Crippen LogP) is 1.73. The van der Waals surface area contributed by atoms with Crippen LogP contribution >= 0.6 is 0 Å². The Balaban J connectivity index is 2.37. The number of carbonyl (C=O) groups excluding carboxylic acids is 1. The maximum absolute atomic E-state index is 12.7. The van der Waals surface area contributed by atoms with Gasteiger partial charge < -0.3 is 9.64 Å². The minimum Gasteiger partial charge on any atom is -0.369 e. The van der Waals surface area contributed by atoms with Crippen LogP contribution in [0.1, 0.15) is 31.1 Å². The number of ether oxygens (including phenoxy) is 1. The van der Waals surface area contributed by atoms with Crippen molar-refractivity contribution in [3.8, 4) is 0 Å². The van der Waals surface area contributed by atoms with E-state index in [0.29, 0.717) is 13.1 Å². The highest BCUT2D eigenvalue weighted by Gasteiger charge is 2.35. The second-order valence-corrected chi connectivity index (χ2v) is 8.13. The molecule has 116 valence electrons. The first-order valence-corrected chi connectivity index (χ1v) is 8.75. The Morgan fingerprint density at radius 1 is 1.33 bits per heavy atom. The van der Waals surface area contributed by atoms with Crippen molar-refractivity contribution in [3.05, 3.63) is 29.8 Å². The average molecular weight is 311 g/mol. The average Bonchev–Trinajstić information content (AvgIpc) is 2.34. The van der Waals surface area contributed by atoms with Gasteiger partial charge in [0.25, 0.3) is 5.91 Å². The molecule has 1 aromatic carbocycles. The summed E-state index contributed by atoms with van der Waals surface area (Å²) in [7, 11) is -3.44. The van der Waals surface area contributed by atoms with Crippen LogP contribution in [0.25, 0.3) is 0 Å². The van der Waals surface area contributed by atoms with Crippen LogP contribution in [0, 0.1) is 0 Å². The van der Waals surface area contributed by atoms with Crippen molar-refractivity contribution in [2.24, 2.45) is 0 Å². The van der Waals surface area contributed by atoms with Gasteiger partial charge in [-0.25, -0.2) is 8.42 Å². The van der Waals surface area contributed by atoms with Crippen LogP contribution in [0.3, 0.4) is 0 Å². The molecule has 0 N–H and O–H groups in total. The van der Waals surface area contributed by atoms with Gasteiger partial charge in [0.15, 0.2) is 9.84 Å². The molecule has 0 saturated carbocycles. The Morgan fingerprint density at radius 3 is 2.52 bits per heavy atom. The molecule has 6 heteroatoms. The summed E-state index contributed by atoms with van der Waals surface area (Å²) in [6.07, 6.45) is 1.04. The molecule has 0 aromatic heterocycles. The van der Waals surface area contributed by atoms with Crippen molar-refractivity contribution >= 4 is 15.7 Å². The molecule has 1 aliphatic rings. The van der Waals surface area contributed by atoms with Crippen molar-refractivity contribution in [2.75, 3.05) is 19.3 Å². The largest absolute Gasteiger partial charge is 0.369 e. The Morgan fingerprint density at radius 2 is 1.95 bits per heavy atom. The van der Waals surface area contributed by atoms with Gasteiger partial charge >= 0.3 is 0 Å². The SMILES string of the molecule is CC1CN(C(=O)c2ccccc2S(C)(=O)=O)CC(C)(C)O1. The molecule has 1 unspecified atom stereocenters. The van der Waals surface area contributed by atoms with Gasteiger partial charge in [-0.3, -0.25) is 4.79 Å². The minimum absolute atomic E-state index is 0.0759. The van der Waals surface area contributed by atoms with Gasteiger partial charge in [0.2, 0.25) is 0 Å². The van der Waals surface area contributed by atoms with Crippen LogP contribution in [0.15, 0.2) is 29.2 Å². The van der Waals surface area contributed by atoms with Gasteiger partial charge in [-0.2, -0.15) is 0 Å². The molecule has 1 fully saturated rings. The summed E-state index contributed by atoms with van der Waals surface area (Å²) in [6.45, 7) is 6.65.